The van der Waals surface area contributed by atoms with Crippen molar-refractivity contribution < 1.29 is 26.6 Å². The van der Waals surface area contributed by atoms with Crippen molar-refractivity contribution in [2.45, 2.75) is 11.4 Å². The van der Waals surface area contributed by atoms with Gasteiger partial charge in [-0.25, -0.2) is 4.39 Å². The largest absolute Gasteiger partial charge is 0.378 e. The number of hydrogen-bond acceptors (Lipinski definition) is 6. The van der Waals surface area contributed by atoms with Crippen molar-refractivity contribution in [2.24, 2.45) is 0 Å². The average molecular weight is 504 g/mol. The molecule has 0 aliphatic carbocycles. The molecule has 1 fully saturated rings. The number of amides is 2. The van der Waals surface area contributed by atoms with Crippen LogP contribution in [-0.4, -0.2) is 24.5 Å². The second kappa shape index (κ2) is 9.38. The van der Waals surface area contributed by atoms with Gasteiger partial charge in [0.15, 0.2) is 0 Å². The van der Waals surface area contributed by atoms with E-state index in [0.717, 1.165) is 16.7 Å². The molecular weight excluding hydrogens is 489 g/mol. The lowest BCUT2D eigenvalue weighted by Gasteiger charge is -2.12. The standard InChI is InChI=1S/C23H15ClFNO5S2/c24-17-7-11-19(12-8-17)33(29,30)31-20-4-2-1-3-16(20)13-21-22(27)26(23(28)32-21)14-15-5-9-18(25)10-6-15/h1-13H,14H2/b21-13-. The average Bonchev–Trinajstić information content (AvgIpc) is 3.04. The minimum absolute atomic E-state index is 0.00205. The Morgan fingerprint density at radius 3 is 2.33 bits per heavy atom. The predicted octanol–water partition coefficient (Wildman–Crippen LogP) is 5.48. The molecule has 168 valence electrons. The molecule has 0 bridgehead atoms. The number of imide groups is 1. The van der Waals surface area contributed by atoms with Crippen LogP contribution in [0.3, 0.4) is 0 Å². The van der Waals surface area contributed by atoms with Crippen molar-refractivity contribution in [1.29, 1.82) is 0 Å². The highest BCUT2D eigenvalue weighted by Gasteiger charge is 2.35. The second-order valence-corrected chi connectivity index (χ2v) is 9.90. The number of carbonyl (C=O) groups is 2. The Morgan fingerprint density at radius 2 is 1.64 bits per heavy atom. The van der Waals surface area contributed by atoms with Crippen molar-refractivity contribution in [3.8, 4) is 5.75 Å². The van der Waals surface area contributed by atoms with Crippen molar-refractivity contribution in [1.82, 2.24) is 4.90 Å². The van der Waals surface area contributed by atoms with E-state index in [1.165, 1.54) is 60.7 Å². The molecule has 33 heavy (non-hydrogen) atoms. The van der Waals surface area contributed by atoms with Gasteiger partial charge in [-0.15, -0.1) is 0 Å². The first-order chi connectivity index (χ1) is 15.7. The van der Waals surface area contributed by atoms with Crippen LogP contribution in [0, 0.1) is 5.82 Å². The van der Waals surface area contributed by atoms with Crippen LogP contribution < -0.4 is 4.18 Å². The Bertz CT molecular complexity index is 1360. The van der Waals surface area contributed by atoms with E-state index in [4.69, 9.17) is 15.8 Å². The first-order valence-electron chi connectivity index (χ1n) is 9.52. The molecule has 2 amide bonds. The Morgan fingerprint density at radius 1 is 0.970 bits per heavy atom. The van der Waals surface area contributed by atoms with E-state index >= 15 is 0 Å². The summed E-state index contributed by atoms with van der Waals surface area (Å²) in [7, 11) is -4.15. The molecule has 0 saturated carbocycles. The van der Waals surface area contributed by atoms with Crippen LogP contribution in [0.1, 0.15) is 11.1 Å². The summed E-state index contributed by atoms with van der Waals surface area (Å²) < 4.78 is 43.7. The summed E-state index contributed by atoms with van der Waals surface area (Å²) in [6.45, 7) is -0.00855. The SMILES string of the molecule is O=C1S/C(=C\c2ccccc2OS(=O)(=O)c2ccc(Cl)cc2)C(=O)N1Cc1ccc(F)cc1. The van der Waals surface area contributed by atoms with Gasteiger partial charge < -0.3 is 4.18 Å². The van der Waals surface area contributed by atoms with Crippen molar-refractivity contribution in [2.75, 3.05) is 0 Å². The summed E-state index contributed by atoms with van der Waals surface area (Å²) in [6.07, 6.45) is 1.41. The molecule has 1 saturated heterocycles. The highest BCUT2D eigenvalue weighted by molar-refractivity contribution is 8.18. The van der Waals surface area contributed by atoms with Gasteiger partial charge >= 0.3 is 10.1 Å². The normalized spacial score (nSPS) is 15.3. The van der Waals surface area contributed by atoms with Crippen LogP contribution in [0.15, 0.2) is 82.6 Å². The Hall–Kier alpha value is -3.14. The third-order valence-corrected chi connectivity index (χ3v) is 7.04. The molecular formula is C23H15ClFNO5S2. The molecule has 0 spiro atoms. The number of thioether (sulfide) groups is 1. The minimum Gasteiger partial charge on any atom is -0.378 e. The lowest BCUT2D eigenvalue weighted by Crippen LogP contribution is -2.27. The second-order valence-electron chi connectivity index (χ2n) is 6.92. The van der Waals surface area contributed by atoms with E-state index in [0.29, 0.717) is 16.1 Å². The molecule has 3 aromatic rings. The highest BCUT2D eigenvalue weighted by Crippen LogP contribution is 2.35. The van der Waals surface area contributed by atoms with Gasteiger partial charge in [0.05, 0.1) is 11.4 Å². The van der Waals surface area contributed by atoms with Gasteiger partial charge in [0, 0.05) is 10.6 Å². The first kappa shape index (κ1) is 23.0. The molecule has 0 atom stereocenters. The van der Waals surface area contributed by atoms with Gasteiger partial charge in [0.2, 0.25) is 0 Å². The maximum atomic E-state index is 13.1. The van der Waals surface area contributed by atoms with E-state index in [-0.39, 0.29) is 22.1 Å². The van der Waals surface area contributed by atoms with Gasteiger partial charge in [-0.3, -0.25) is 14.5 Å². The number of benzene rings is 3. The maximum Gasteiger partial charge on any atom is 0.339 e. The summed E-state index contributed by atoms with van der Waals surface area (Å²) in [5.74, 6) is -0.958. The number of para-hydroxylation sites is 1. The first-order valence-corrected chi connectivity index (χ1v) is 12.1. The molecule has 0 unspecified atom stereocenters. The van der Waals surface area contributed by atoms with Gasteiger partial charge in [-0.05, 0) is 65.9 Å². The molecule has 10 heteroatoms. The molecule has 1 heterocycles. The fourth-order valence-corrected chi connectivity index (χ4v) is 4.90. The number of carbonyl (C=O) groups excluding carboxylic acids is 2. The highest BCUT2D eigenvalue weighted by atomic mass is 35.5. The zero-order chi connectivity index (χ0) is 23.6. The van der Waals surface area contributed by atoms with Crippen molar-refractivity contribution in [3.63, 3.8) is 0 Å². The summed E-state index contributed by atoms with van der Waals surface area (Å²) in [5, 5.41) is -0.103. The summed E-state index contributed by atoms with van der Waals surface area (Å²) >= 11 is 6.54. The van der Waals surface area contributed by atoms with Gasteiger partial charge in [-0.1, -0.05) is 41.9 Å². The number of hydrogen-bond donors (Lipinski definition) is 0. The Labute approximate surface area is 198 Å². The third-order valence-electron chi connectivity index (χ3n) is 4.63. The Balaban J connectivity index is 1.58. The summed E-state index contributed by atoms with van der Waals surface area (Å²) in [5.41, 5.74) is 0.903. The number of halogens is 2. The topological polar surface area (TPSA) is 80.8 Å². The molecule has 0 radical (unpaired) electrons. The van der Waals surface area contributed by atoms with Gasteiger partial charge in [-0.2, -0.15) is 8.42 Å². The minimum atomic E-state index is -4.15. The smallest absolute Gasteiger partial charge is 0.339 e. The molecule has 1 aliphatic heterocycles. The predicted molar refractivity (Wildman–Crippen MR) is 124 cm³/mol. The van der Waals surface area contributed by atoms with Crippen molar-refractivity contribution >= 4 is 50.7 Å². The third kappa shape index (κ3) is 5.27. The van der Waals surface area contributed by atoms with Crippen LogP contribution >= 0.6 is 23.4 Å². The monoisotopic (exact) mass is 503 g/mol. The van der Waals surface area contributed by atoms with Crippen LogP contribution in [0.4, 0.5) is 9.18 Å². The van der Waals surface area contributed by atoms with E-state index < -0.39 is 27.1 Å². The van der Waals surface area contributed by atoms with Crippen LogP contribution in [-0.2, 0) is 21.5 Å². The summed E-state index contributed by atoms with van der Waals surface area (Å²) in [4.78, 5) is 26.3. The number of rotatable bonds is 6. The molecule has 0 aromatic heterocycles. The van der Waals surface area contributed by atoms with Crippen LogP contribution in [0.5, 0.6) is 5.75 Å². The molecule has 0 N–H and O–H groups in total. The van der Waals surface area contributed by atoms with E-state index in [1.54, 1.807) is 18.2 Å². The molecule has 1 aliphatic rings. The van der Waals surface area contributed by atoms with E-state index in [2.05, 4.69) is 0 Å². The van der Waals surface area contributed by atoms with Crippen molar-refractivity contribution in [3.05, 3.63) is 99.7 Å². The Kier molecular flexibility index (Phi) is 6.55. The van der Waals surface area contributed by atoms with Crippen LogP contribution in [0.25, 0.3) is 6.08 Å². The maximum absolute atomic E-state index is 13.1. The molecule has 6 nitrogen and oxygen atoms in total. The van der Waals surface area contributed by atoms with E-state index in [9.17, 15) is 22.4 Å². The lowest BCUT2D eigenvalue weighted by molar-refractivity contribution is -0.123. The zero-order valence-electron chi connectivity index (χ0n) is 16.8. The fourth-order valence-electron chi connectivity index (χ4n) is 2.99. The van der Waals surface area contributed by atoms with Crippen LogP contribution in [0.2, 0.25) is 5.02 Å². The summed E-state index contributed by atoms with van der Waals surface area (Å²) in [6, 6.07) is 17.2. The zero-order valence-corrected chi connectivity index (χ0v) is 19.2. The number of nitrogens with zero attached hydrogens (tertiary/aromatic N) is 1. The fraction of sp³-hybridized carbons (Fsp3) is 0.0435. The van der Waals surface area contributed by atoms with E-state index in [1.807, 2.05) is 0 Å². The molecule has 4 rings (SSSR count). The quantitative estimate of drug-likeness (QED) is 0.327. The van der Waals surface area contributed by atoms with Gasteiger partial charge in [0.25, 0.3) is 11.1 Å². The van der Waals surface area contributed by atoms with Gasteiger partial charge in [0.1, 0.15) is 16.5 Å². The lowest BCUT2D eigenvalue weighted by atomic mass is 10.2. The molecule has 3 aromatic carbocycles.